The predicted octanol–water partition coefficient (Wildman–Crippen LogP) is 3.15. The number of pyridine rings is 1. The number of hydrogen-bond acceptors (Lipinski definition) is 6. The van der Waals surface area contributed by atoms with E-state index in [1.807, 2.05) is 0 Å². The Kier molecular flexibility index (Phi) is 7.90. The van der Waals surface area contributed by atoms with Gasteiger partial charge in [0.1, 0.15) is 23.9 Å². The van der Waals surface area contributed by atoms with Crippen LogP contribution in [0.15, 0.2) is 65.2 Å². The molecule has 10 heteroatoms. The van der Waals surface area contributed by atoms with Crippen LogP contribution in [-0.4, -0.2) is 52.4 Å². The van der Waals surface area contributed by atoms with Gasteiger partial charge in [-0.15, -0.1) is 0 Å². The minimum absolute atomic E-state index is 0.0655. The van der Waals surface area contributed by atoms with Crippen molar-refractivity contribution in [3.63, 3.8) is 0 Å². The molecule has 0 spiro atoms. The number of carbonyl (C=O) groups excluding carboxylic acids is 2. The van der Waals surface area contributed by atoms with E-state index in [2.05, 4.69) is 16.9 Å². The van der Waals surface area contributed by atoms with Gasteiger partial charge in [0, 0.05) is 30.5 Å². The molecule has 36 heavy (non-hydrogen) atoms. The number of methoxy groups -OCH3 is 1. The summed E-state index contributed by atoms with van der Waals surface area (Å²) in [6, 6.07) is 9.60. The van der Waals surface area contributed by atoms with E-state index < -0.39 is 17.5 Å². The molecule has 188 valence electrons. The molecule has 1 fully saturated rings. The summed E-state index contributed by atoms with van der Waals surface area (Å²) in [4.78, 5) is 45.6. The van der Waals surface area contributed by atoms with Gasteiger partial charge in [-0.3, -0.25) is 18.8 Å². The SMILES string of the molecule is C=C(Cl)COc1cc(CN(C(=O)c2cnc3ccccn3c2=O)[C@H]2CCCCNC2=O)ccc1OC. The number of benzene rings is 1. The van der Waals surface area contributed by atoms with E-state index >= 15 is 0 Å². The molecule has 3 heterocycles. The van der Waals surface area contributed by atoms with Crippen molar-refractivity contribution in [2.45, 2.75) is 31.8 Å². The first-order valence-corrected chi connectivity index (χ1v) is 11.9. The molecule has 0 unspecified atom stereocenters. The largest absolute Gasteiger partial charge is 0.493 e. The number of aromatic nitrogens is 2. The van der Waals surface area contributed by atoms with Crippen LogP contribution < -0.4 is 20.3 Å². The van der Waals surface area contributed by atoms with E-state index in [9.17, 15) is 14.4 Å². The monoisotopic (exact) mass is 510 g/mol. The average molecular weight is 511 g/mol. The van der Waals surface area contributed by atoms with Crippen molar-refractivity contribution in [2.24, 2.45) is 0 Å². The standard InChI is InChI=1S/C26H27ClN4O5/c1-17(27)16-36-22-13-18(9-10-21(22)35-2)15-31(20-7-3-5-11-28-24(20)32)26(34)19-14-29-23-8-4-6-12-30(23)25(19)33/h4,6,8-10,12-14,20H,1,3,5,7,11,15-16H2,2H3,(H,28,32)/t20-/m0/s1. The highest BCUT2D eigenvalue weighted by molar-refractivity contribution is 6.29. The lowest BCUT2D eigenvalue weighted by molar-refractivity contribution is -0.125. The summed E-state index contributed by atoms with van der Waals surface area (Å²) in [5.74, 6) is 0.0824. The maximum absolute atomic E-state index is 13.8. The highest BCUT2D eigenvalue weighted by Gasteiger charge is 2.33. The third-order valence-electron chi connectivity index (χ3n) is 5.95. The summed E-state index contributed by atoms with van der Waals surface area (Å²) in [6.07, 6.45) is 4.88. The number of halogens is 1. The number of hydrogen-bond donors (Lipinski definition) is 1. The summed E-state index contributed by atoms with van der Waals surface area (Å²) in [6.45, 7) is 4.31. The van der Waals surface area contributed by atoms with E-state index in [0.29, 0.717) is 40.7 Å². The first-order chi connectivity index (χ1) is 17.4. The smallest absolute Gasteiger partial charge is 0.270 e. The zero-order valence-corrected chi connectivity index (χ0v) is 20.7. The van der Waals surface area contributed by atoms with Gasteiger partial charge >= 0.3 is 0 Å². The Morgan fingerprint density at radius 3 is 2.86 bits per heavy atom. The van der Waals surface area contributed by atoms with Crippen LogP contribution in [0.4, 0.5) is 0 Å². The lowest BCUT2D eigenvalue weighted by Gasteiger charge is -2.30. The number of amides is 2. The van der Waals surface area contributed by atoms with Crippen molar-refractivity contribution in [2.75, 3.05) is 20.3 Å². The second-order valence-corrected chi connectivity index (χ2v) is 8.97. The molecule has 1 N–H and O–H groups in total. The average Bonchev–Trinajstić information content (AvgIpc) is 3.10. The molecule has 2 aromatic heterocycles. The molecule has 0 bridgehead atoms. The number of carbonyl (C=O) groups is 2. The van der Waals surface area contributed by atoms with E-state index in [-0.39, 0.29) is 24.6 Å². The molecule has 0 aliphatic carbocycles. The highest BCUT2D eigenvalue weighted by Crippen LogP contribution is 2.30. The molecule has 1 atom stereocenters. The van der Waals surface area contributed by atoms with Gasteiger partial charge in [-0.1, -0.05) is 30.3 Å². The predicted molar refractivity (Wildman–Crippen MR) is 135 cm³/mol. The van der Waals surface area contributed by atoms with Gasteiger partial charge in [-0.05, 0) is 49.1 Å². The van der Waals surface area contributed by atoms with Crippen molar-refractivity contribution >= 4 is 29.1 Å². The molecule has 9 nitrogen and oxygen atoms in total. The minimum Gasteiger partial charge on any atom is -0.493 e. The second kappa shape index (κ2) is 11.3. The van der Waals surface area contributed by atoms with Crippen LogP contribution in [0, 0.1) is 0 Å². The number of rotatable bonds is 8. The molecule has 3 aromatic rings. The van der Waals surface area contributed by atoms with Gasteiger partial charge in [-0.25, -0.2) is 4.98 Å². The van der Waals surface area contributed by atoms with E-state index in [4.69, 9.17) is 21.1 Å². The van der Waals surface area contributed by atoms with Crippen molar-refractivity contribution in [1.82, 2.24) is 19.6 Å². The van der Waals surface area contributed by atoms with Gasteiger partial charge < -0.3 is 19.7 Å². The highest BCUT2D eigenvalue weighted by atomic mass is 35.5. The van der Waals surface area contributed by atoms with Crippen LogP contribution in [0.25, 0.3) is 5.65 Å². The van der Waals surface area contributed by atoms with Crippen molar-refractivity contribution in [3.8, 4) is 11.5 Å². The molecular weight excluding hydrogens is 484 g/mol. The number of ether oxygens (including phenoxy) is 2. The maximum Gasteiger partial charge on any atom is 0.270 e. The zero-order valence-electron chi connectivity index (χ0n) is 19.9. The van der Waals surface area contributed by atoms with Gasteiger partial charge in [0.25, 0.3) is 11.5 Å². The summed E-state index contributed by atoms with van der Waals surface area (Å²) in [5, 5.41) is 3.19. The first-order valence-electron chi connectivity index (χ1n) is 11.6. The Morgan fingerprint density at radius 1 is 1.25 bits per heavy atom. The number of fused-ring (bicyclic) bond motifs is 1. The summed E-state index contributed by atoms with van der Waals surface area (Å²) < 4.78 is 12.4. The fourth-order valence-electron chi connectivity index (χ4n) is 4.16. The van der Waals surface area contributed by atoms with Gasteiger partial charge in [0.15, 0.2) is 11.5 Å². The third kappa shape index (κ3) is 5.52. The van der Waals surface area contributed by atoms with Crippen LogP contribution in [0.1, 0.15) is 35.2 Å². The van der Waals surface area contributed by atoms with Gasteiger partial charge in [0.2, 0.25) is 5.91 Å². The van der Waals surface area contributed by atoms with Crippen molar-refractivity contribution < 1.29 is 19.1 Å². The number of nitrogens with zero attached hydrogens (tertiary/aromatic N) is 3. The molecule has 0 saturated carbocycles. The Balaban J connectivity index is 1.73. The molecule has 1 aliphatic heterocycles. The molecule has 0 radical (unpaired) electrons. The summed E-state index contributed by atoms with van der Waals surface area (Å²) >= 11 is 5.85. The Labute approximate surface area is 213 Å². The molecular formula is C26H27ClN4O5. The fraction of sp³-hybridized carbons (Fsp3) is 0.308. The van der Waals surface area contributed by atoms with E-state index in [0.717, 1.165) is 12.8 Å². The topological polar surface area (TPSA) is 102 Å². The normalized spacial score (nSPS) is 15.6. The number of nitrogens with one attached hydrogen (secondary N) is 1. The Bertz CT molecular complexity index is 1360. The fourth-order valence-corrected chi connectivity index (χ4v) is 4.21. The maximum atomic E-state index is 13.8. The molecule has 1 aromatic carbocycles. The molecule has 1 aliphatic rings. The van der Waals surface area contributed by atoms with Crippen LogP contribution in [0.5, 0.6) is 11.5 Å². The Morgan fingerprint density at radius 2 is 2.08 bits per heavy atom. The first kappa shape index (κ1) is 25.2. The minimum atomic E-state index is -0.745. The van der Waals surface area contributed by atoms with Crippen molar-refractivity contribution in [1.29, 1.82) is 0 Å². The van der Waals surface area contributed by atoms with Gasteiger partial charge in [-0.2, -0.15) is 0 Å². The van der Waals surface area contributed by atoms with E-state index in [1.54, 1.807) is 42.6 Å². The Hall–Kier alpha value is -3.85. The zero-order chi connectivity index (χ0) is 25.7. The summed E-state index contributed by atoms with van der Waals surface area (Å²) in [7, 11) is 1.52. The molecule has 1 saturated heterocycles. The second-order valence-electron chi connectivity index (χ2n) is 8.43. The lowest BCUT2D eigenvalue weighted by Crippen LogP contribution is -2.49. The quantitative estimate of drug-likeness (QED) is 0.499. The van der Waals surface area contributed by atoms with Gasteiger partial charge in [0.05, 0.1) is 7.11 Å². The van der Waals surface area contributed by atoms with E-state index in [1.165, 1.54) is 22.6 Å². The van der Waals surface area contributed by atoms with Crippen LogP contribution in [-0.2, 0) is 11.3 Å². The summed E-state index contributed by atoms with van der Waals surface area (Å²) in [5.41, 5.74) is 0.504. The molecule has 2 amide bonds. The van der Waals surface area contributed by atoms with Crippen LogP contribution in [0.3, 0.4) is 0 Å². The van der Waals surface area contributed by atoms with Crippen LogP contribution >= 0.6 is 11.6 Å². The third-order valence-corrected chi connectivity index (χ3v) is 6.06. The van der Waals surface area contributed by atoms with Crippen LogP contribution in [0.2, 0.25) is 0 Å². The molecule has 4 rings (SSSR count). The van der Waals surface area contributed by atoms with Crippen molar-refractivity contribution in [3.05, 3.63) is 81.9 Å². The lowest BCUT2D eigenvalue weighted by atomic mass is 10.1.